The van der Waals surface area contributed by atoms with Crippen LogP contribution in [0.2, 0.25) is 0 Å². The summed E-state index contributed by atoms with van der Waals surface area (Å²) in [5.41, 5.74) is -0.323. The van der Waals surface area contributed by atoms with Crippen molar-refractivity contribution in [2.45, 2.75) is 18.3 Å². The Hall–Kier alpha value is -1.40. The quantitative estimate of drug-likeness (QED) is 0.705. The monoisotopic (exact) mass is 205 g/mol. The van der Waals surface area contributed by atoms with Gasteiger partial charge in [0.2, 0.25) is 0 Å². The molecule has 0 amide bonds. The Bertz CT molecular complexity index is 391. The van der Waals surface area contributed by atoms with Crippen LogP contribution in [0.5, 0.6) is 0 Å². The van der Waals surface area contributed by atoms with Gasteiger partial charge in [-0.3, -0.25) is 0 Å². The predicted molar refractivity (Wildman–Crippen MR) is 53.7 cm³/mol. The van der Waals surface area contributed by atoms with E-state index in [9.17, 15) is 9.65 Å². The van der Waals surface area contributed by atoms with E-state index in [1.165, 1.54) is 6.07 Å². The summed E-state index contributed by atoms with van der Waals surface area (Å²) >= 11 is 0. The molecule has 1 atom stereocenters. The van der Waals surface area contributed by atoms with Crippen molar-refractivity contribution in [3.8, 4) is 6.07 Å². The molecule has 78 valence electrons. The minimum Gasteiger partial charge on any atom is -0.379 e. The second-order valence-electron chi connectivity index (χ2n) is 3.83. The number of hydrogen-bond donors (Lipinski definition) is 0. The minimum atomic E-state index is -0.788. The summed E-state index contributed by atoms with van der Waals surface area (Å²) in [7, 11) is 0. The van der Waals surface area contributed by atoms with E-state index in [1.54, 1.807) is 18.2 Å². The normalized spacial score (nSPS) is 25.9. The van der Waals surface area contributed by atoms with Crippen LogP contribution in [0.1, 0.15) is 18.4 Å². The third kappa shape index (κ3) is 1.73. The number of hydrogen-bond acceptors (Lipinski definition) is 2. The molecule has 0 N–H and O–H groups in total. The Labute approximate surface area is 88.3 Å². The SMILES string of the molecule is N#C[C@]1(c2ccccc2F)CCCOC1. The number of benzene rings is 1. The molecule has 0 aliphatic carbocycles. The highest BCUT2D eigenvalue weighted by molar-refractivity contribution is 5.34. The third-order valence-corrected chi connectivity index (χ3v) is 2.84. The number of halogens is 1. The summed E-state index contributed by atoms with van der Waals surface area (Å²) in [4.78, 5) is 0. The number of nitrogens with zero attached hydrogens (tertiary/aromatic N) is 1. The van der Waals surface area contributed by atoms with Crippen molar-refractivity contribution < 1.29 is 9.13 Å². The number of nitriles is 1. The van der Waals surface area contributed by atoms with Gasteiger partial charge in [0.1, 0.15) is 11.2 Å². The first-order valence-corrected chi connectivity index (χ1v) is 5.02. The maximum atomic E-state index is 13.6. The zero-order chi connectivity index (χ0) is 10.7. The summed E-state index contributed by atoms with van der Waals surface area (Å²) < 4.78 is 18.9. The number of ether oxygens (including phenoxy) is 1. The molecule has 0 spiro atoms. The summed E-state index contributed by atoms with van der Waals surface area (Å²) in [6.45, 7) is 0.961. The van der Waals surface area contributed by atoms with E-state index in [0.717, 1.165) is 6.42 Å². The first kappa shape index (κ1) is 10.1. The van der Waals surface area contributed by atoms with Crippen LogP contribution in [0.25, 0.3) is 0 Å². The van der Waals surface area contributed by atoms with Gasteiger partial charge in [-0.25, -0.2) is 4.39 Å². The molecule has 0 radical (unpaired) electrons. The fraction of sp³-hybridized carbons (Fsp3) is 0.417. The average Bonchev–Trinajstić information content (AvgIpc) is 2.30. The Morgan fingerprint density at radius 2 is 2.20 bits per heavy atom. The van der Waals surface area contributed by atoms with Gasteiger partial charge in [0, 0.05) is 12.2 Å². The van der Waals surface area contributed by atoms with E-state index >= 15 is 0 Å². The van der Waals surface area contributed by atoms with E-state index in [0.29, 0.717) is 25.2 Å². The van der Waals surface area contributed by atoms with Gasteiger partial charge < -0.3 is 4.74 Å². The Morgan fingerprint density at radius 1 is 1.40 bits per heavy atom. The number of rotatable bonds is 1. The van der Waals surface area contributed by atoms with E-state index < -0.39 is 5.41 Å². The molecule has 1 aromatic carbocycles. The highest BCUT2D eigenvalue weighted by atomic mass is 19.1. The van der Waals surface area contributed by atoms with Gasteiger partial charge in [-0.1, -0.05) is 18.2 Å². The molecule has 2 rings (SSSR count). The molecule has 0 unspecified atom stereocenters. The van der Waals surface area contributed by atoms with Crippen molar-refractivity contribution in [1.82, 2.24) is 0 Å². The van der Waals surface area contributed by atoms with Crippen LogP contribution in [0.4, 0.5) is 4.39 Å². The van der Waals surface area contributed by atoms with Crippen LogP contribution in [0.3, 0.4) is 0 Å². The van der Waals surface area contributed by atoms with Gasteiger partial charge >= 0.3 is 0 Å². The molecule has 15 heavy (non-hydrogen) atoms. The summed E-state index contributed by atoms with van der Waals surface area (Å²) in [5.74, 6) is -0.315. The molecular weight excluding hydrogens is 193 g/mol. The topological polar surface area (TPSA) is 33.0 Å². The molecule has 1 fully saturated rings. The maximum absolute atomic E-state index is 13.6. The predicted octanol–water partition coefficient (Wildman–Crippen LogP) is 2.40. The third-order valence-electron chi connectivity index (χ3n) is 2.84. The molecule has 1 aliphatic heterocycles. The first-order valence-electron chi connectivity index (χ1n) is 5.02. The van der Waals surface area contributed by atoms with Crippen molar-refractivity contribution in [2.75, 3.05) is 13.2 Å². The van der Waals surface area contributed by atoms with E-state index in [4.69, 9.17) is 4.74 Å². The zero-order valence-corrected chi connectivity index (χ0v) is 8.37. The van der Waals surface area contributed by atoms with Crippen molar-refractivity contribution in [3.63, 3.8) is 0 Å². The van der Waals surface area contributed by atoms with Crippen molar-refractivity contribution in [1.29, 1.82) is 5.26 Å². The van der Waals surface area contributed by atoms with Crippen LogP contribution in [-0.4, -0.2) is 13.2 Å². The Morgan fingerprint density at radius 3 is 2.80 bits per heavy atom. The molecule has 3 heteroatoms. The van der Waals surface area contributed by atoms with Gasteiger partial charge in [0.05, 0.1) is 12.7 Å². The molecule has 1 aromatic rings. The molecule has 1 aliphatic rings. The van der Waals surface area contributed by atoms with Gasteiger partial charge in [0.15, 0.2) is 0 Å². The van der Waals surface area contributed by atoms with Gasteiger partial charge in [-0.15, -0.1) is 0 Å². The van der Waals surface area contributed by atoms with E-state index in [2.05, 4.69) is 6.07 Å². The standard InChI is InChI=1S/C12H12FNO/c13-11-5-2-1-4-10(11)12(8-14)6-3-7-15-9-12/h1-2,4-5H,3,6-7,9H2/t12-/m1/s1. The largest absolute Gasteiger partial charge is 0.379 e. The van der Waals surface area contributed by atoms with Crippen LogP contribution in [-0.2, 0) is 10.2 Å². The Balaban J connectivity index is 2.42. The smallest absolute Gasteiger partial charge is 0.128 e. The van der Waals surface area contributed by atoms with Gasteiger partial charge in [-0.05, 0) is 18.9 Å². The van der Waals surface area contributed by atoms with Crippen LogP contribution < -0.4 is 0 Å². The van der Waals surface area contributed by atoms with Gasteiger partial charge in [0.25, 0.3) is 0 Å². The van der Waals surface area contributed by atoms with Crippen LogP contribution in [0, 0.1) is 17.1 Å². The molecular formula is C12H12FNO. The highest BCUT2D eigenvalue weighted by Crippen LogP contribution is 2.33. The van der Waals surface area contributed by atoms with Crippen molar-refractivity contribution in [3.05, 3.63) is 35.6 Å². The molecule has 1 heterocycles. The molecule has 0 bridgehead atoms. The Kier molecular flexibility index (Phi) is 2.70. The van der Waals surface area contributed by atoms with Crippen LogP contribution in [0.15, 0.2) is 24.3 Å². The lowest BCUT2D eigenvalue weighted by Crippen LogP contribution is -2.35. The fourth-order valence-corrected chi connectivity index (χ4v) is 2.00. The maximum Gasteiger partial charge on any atom is 0.128 e. The summed E-state index contributed by atoms with van der Waals surface area (Å²) in [5, 5.41) is 9.22. The zero-order valence-electron chi connectivity index (χ0n) is 8.37. The van der Waals surface area contributed by atoms with Crippen molar-refractivity contribution in [2.24, 2.45) is 0 Å². The fourth-order valence-electron chi connectivity index (χ4n) is 2.00. The van der Waals surface area contributed by atoms with E-state index in [1.807, 2.05) is 0 Å². The molecule has 0 aromatic heterocycles. The summed E-state index contributed by atoms with van der Waals surface area (Å²) in [6.07, 6.45) is 1.48. The second-order valence-corrected chi connectivity index (χ2v) is 3.83. The lowest BCUT2D eigenvalue weighted by Gasteiger charge is -2.31. The highest BCUT2D eigenvalue weighted by Gasteiger charge is 2.36. The molecule has 1 saturated heterocycles. The minimum absolute atomic E-state index is 0.296. The molecule has 0 saturated carbocycles. The van der Waals surface area contributed by atoms with E-state index in [-0.39, 0.29) is 5.82 Å². The summed E-state index contributed by atoms with van der Waals surface area (Å²) in [6, 6.07) is 8.66. The van der Waals surface area contributed by atoms with Crippen LogP contribution >= 0.6 is 0 Å². The average molecular weight is 205 g/mol. The second kappa shape index (κ2) is 4.00. The first-order chi connectivity index (χ1) is 7.28. The molecule has 2 nitrogen and oxygen atoms in total. The lowest BCUT2D eigenvalue weighted by atomic mass is 9.77. The van der Waals surface area contributed by atoms with Crippen molar-refractivity contribution >= 4 is 0 Å². The van der Waals surface area contributed by atoms with Gasteiger partial charge in [-0.2, -0.15) is 5.26 Å². The lowest BCUT2D eigenvalue weighted by molar-refractivity contribution is 0.0550.